The van der Waals surface area contributed by atoms with Crippen molar-refractivity contribution in [3.8, 4) is 17.0 Å². The molecule has 13 heteroatoms. The Labute approximate surface area is 311 Å². The van der Waals surface area contributed by atoms with E-state index in [-0.39, 0.29) is 17.6 Å². The summed E-state index contributed by atoms with van der Waals surface area (Å²) in [6.45, 7) is 5.40. The molecule has 2 aliphatic heterocycles. The Morgan fingerprint density at radius 1 is 1.06 bits per heavy atom. The fourth-order valence-electron chi connectivity index (χ4n) is 8.11. The molecule has 1 saturated carbocycles. The number of methoxy groups -OCH3 is 2. The number of ether oxygens (including phenoxy) is 3. The lowest BCUT2D eigenvalue weighted by molar-refractivity contribution is -0.0332. The molecule has 282 valence electrons. The summed E-state index contributed by atoms with van der Waals surface area (Å²) < 4.78 is 48.6. The number of carbonyl (C=O) groups is 2. The van der Waals surface area contributed by atoms with Crippen molar-refractivity contribution < 1.29 is 32.2 Å². The molecule has 4 heterocycles. The second-order valence-corrected chi connectivity index (χ2v) is 16.9. The number of hydrogen-bond donors (Lipinski definition) is 1. The first-order chi connectivity index (χ1) is 25.5. The lowest BCUT2D eigenvalue weighted by Gasteiger charge is -2.33. The summed E-state index contributed by atoms with van der Waals surface area (Å²) in [5.41, 5.74) is 7.43. The fourth-order valence-corrected chi connectivity index (χ4v) is 8.72. The smallest absolute Gasteiger partial charge is 0.264 e. The number of carbonyl (C=O) groups excluding carboxylic acids is 2. The van der Waals surface area contributed by atoms with Gasteiger partial charge in [0.2, 0.25) is 10.0 Å². The molecule has 2 aromatic heterocycles. The van der Waals surface area contributed by atoms with Gasteiger partial charge in [-0.3, -0.25) is 14.3 Å². The van der Waals surface area contributed by atoms with Crippen molar-refractivity contribution >= 4 is 44.4 Å². The first kappa shape index (κ1) is 36.9. The third-order valence-electron chi connectivity index (χ3n) is 11.0. The Morgan fingerprint density at radius 3 is 2.58 bits per heavy atom. The van der Waals surface area contributed by atoms with Gasteiger partial charge in [0, 0.05) is 55.9 Å². The van der Waals surface area contributed by atoms with E-state index in [0.717, 1.165) is 59.0 Å². The van der Waals surface area contributed by atoms with Crippen molar-refractivity contribution in [3.63, 3.8) is 0 Å². The molecule has 2 aromatic carbocycles. The fraction of sp³-hybridized carbons (Fsp3) is 0.475. The van der Waals surface area contributed by atoms with Gasteiger partial charge in [-0.2, -0.15) is 5.10 Å². The zero-order valence-corrected chi connectivity index (χ0v) is 32.0. The molecule has 1 saturated heterocycles. The number of nitrogens with one attached hydrogen (secondary N) is 1. The van der Waals surface area contributed by atoms with Crippen molar-refractivity contribution in [1.29, 1.82) is 0 Å². The third kappa shape index (κ3) is 7.14. The molecular weight excluding hydrogens is 695 g/mol. The Kier molecular flexibility index (Phi) is 10.5. The van der Waals surface area contributed by atoms with Crippen molar-refractivity contribution in [2.75, 3.05) is 40.5 Å². The van der Waals surface area contributed by atoms with Gasteiger partial charge in [0.15, 0.2) is 0 Å². The Bertz CT molecular complexity index is 2180. The summed E-state index contributed by atoms with van der Waals surface area (Å²) in [4.78, 5) is 29.6. The van der Waals surface area contributed by atoms with Crippen LogP contribution in [-0.4, -0.2) is 91.4 Å². The molecule has 1 aliphatic carbocycles. The molecular formula is C40H49N5O7S. The van der Waals surface area contributed by atoms with Gasteiger partial charge in [0.1, 0.15) is 5.75 Å². The van der Waals surface area contributed by atoms with Crippen LogP contribution < -0.4 is 9.46 Å². The standard InChI is InChI=1S/C40H49N5O7S/c1-25(2)53(48,49)42-39(46)27-11-13-33-35(21-27)45-23-29(37-34(22-41-43(37)3)40(47)44-16-18-52-31(24-44)15-17-50-4)19-28-20-30(51-5)12-14-32(28)38(45)36(33)26-9-7-6-8-10-26/h11-14,19-22,25-26,31H,6-10,15-18,23-24H2,1-5H3,(H,42,46). The van der Waals surface area contributed by atoms with E-state index in [1.165, 1.54) is 12.0 Å². The predicted molar refractivity (Wildman–Crippen MR) is 204 cm³/mol. The zero-order valence-electron chi connectivity index (χ0n) is 31.2. The molecule has 2 amide bonds. The highest BCUT2D eigenvalue weighted by Gasteiger charge is 2.33. The third-order valence-corrected chi connectivity index (χ3v) is 12.7. The van der Waals surface area contributed by atoms with E-state index in [0.29, 0.717) is 62.2 Å². The van der Waals surface area contributed by atoms with E-state index in [4.69, 9.17) is 14.2 Å². The quantitative estimate of drug-likeness (QED) is 0.209. The number of hydrogen-bond acceptors (Lipinski definition) is 8. The molecule has 7 rings (SSSR count). The van der Waals surface area contributed by atoms with E-state index in [9.17, 15) is 18.0 Å². The van der Waals surface area contributed by atoms with Gasteiger partial charge in [0.05, 0.1) is 54.8 Å². The number of morpholine rings is 1. The van der Waals surface area contributed by atoms with Crippen molar-refractivity contribution in [2.24, 2.45) is 7.05 Å². The maximum absolute atomic E-state index is 14.3. The summed E-state index contributed by atoms with van der Waals surface area (Å²) in [6, 6.07) is 11.6. The van der Waals surface area contributed by atoms with Crippen molar-refractivity contribution in [3.05, 3.63) is 70.5 Å². The Morgan fingerprint density at radius 2 is 1.85 bits per heavy atom. The molecule has 2 fully saturated rings. The highest BCUT2D eigenvalue weighted by molar-refractivity contribution is 7.90. The van der Waals surface area contributed by atoms with Gasteiger partial charge < -0.3 is 23.7 Å². The van der Waals surface area contributed by atoms with Gasteiger partial charge in [-0.15, -0.1) is 0 Å². The first-order valence-corrected chi connectivity index (χ1v) is 20.1. The Hall–Kier alpha value is -4.46. The molecule has 0 bridgehead atoms. The lowest BCUT2D eigenvalue weighted by atomic mass is 9.81. The second-order valence-electron chi connectivity index (χ2n) is 14.6. The van der Waals surface area contributed by atoms with Gasteiger partial charge in [-0.05, 0) is 92.1 Å². The number of amides is 2. The number of rotatable bonds is 10. The van der Waals surface area contributed by atoms with Crippen LogP contribution in [0.15, 0.2) is 42.6 Å². The molecule has 3 aliphatic rings. The topological polar surface area (TPSA) is 134 Å². The van der Waals surface area contributed by atoms with Crippen LogP contribution in [0.2, 0.25) is 0 Å². The number of sulfonamides is 1. The van der Waals surface area contributed by atoms with Crippen LogP contribution in [-0.2, 0) is 33.1 Å². The van der Waals surface area contributed by atoms with Gasteiger partial charge in [-0.1, -0.05) is 25.3 Å². The number of aryl methyl sites for hydroxylation is 1. The lowest BCUT2D eigenvalue weighted by Crippen LogP contribution is -2.46. The summed E-state index contributed by atoms with van der Waals surface area (Å²) in [5.74, 6) is 0.241. The zero-order chi connectivity index (χ0) is 37.4. The van der Waals surface area contributed by atoms with Crippen LogP contribution >= 0.6 is 0 Å². The summed E-state index contributed by atoms with van der Waals surface area (Å²) in [5, 5.41) is 4.89. The van der Waals surface area contributed by atoms with E-state index in [1.807, 2.05) is 36.2 Å². The summed E-state index contributed by atoms with van der Waals surface area (Å²) in [6.07, 6.45) is 9.94. The highest BCUT2D eigenvalue weighted by Crippen LogP contribution is 2.48. The molecule has 12 nitrogen and oxygen atoms in total. The van der Waals surface area contributed by atoms with Crippen molar-refractivity contribution in [2.45, 2.75) is 76.2 Å². The van der Waals surface area contributed by atoms with Gasteiger partial charge in [-0.25, -0.2) is 13.1 Å². The minimum atomic E-state index is -3.84. The van der Waals surface area contributed by atoms with E-state index in [2.05, 4.69) is 26.5 Å². The van der Waals surface area contributed by atoms with Crippen molar-refractivity contribution in [1.82, 2.24) is 24.0 Å². The second kappa shape index (κ2) is 15.1. The average molecular weight is 744 g/mol. The highest BCUT2D eigenvalue weighted by atomic mass is 32.2. The molecule has 0 spiro atoms. The summed E-state index contributed by atoms with van der Waals surface area (Å²) in [7, 11) is 1.32. The Balaban J connectivity index is 1.40. The van der Waals surface area contributed by atoms with Crippen LogP contribution in [0.3, 0.4) is 0 Å². The van der Waals surface area contributed by atoms with Crippen LogP contribution in [0.5, 0.6) is 5.75 Å². The summed E-state index contributed by atoms with van der Waals surface area (Å²) >= 11 is 0. The molecule has 1 N–H and O–H groups in total. The maximum Gasteiger partial charge on any atom is 0.264 e. The van der Waals surface area contributed by atoms with Crippen LogP contribution in [0.1, 0.15) is 95.8 Å². The number of nitrogens with zero attached hydrogens (tertiary/aromatic N) is 4. The van der Waals surface area contributed by atoms with E-state index < -0.39 is 21.2 Å². The number of fused-ring (bicyclic) bond motifs is 5. The SMILES string of the molecule is COCCC1CN(C(=O)c2cnn(C)c2C2=Cc3cc(OC)ccc3-c3c(C4CCCCC4)c4ccc(C(=O)NS(=O)(=O)C(C)C)cc4n3C2)CCO1. The largest absolute Gasteiger partial charge is 0.497 e. The normalized spacial score (nSPS) is 18.0. The van der Waals surface area contributed by atoms with E-state index in [1.54, 1.807) is 45.0 Å². The first-order valence-electron chi connectivity index (χ1n) is 18.5. The molecule has 0 radical (unpaired) electrons. The van der Waals surface area contributed by atoms with Gasteiger partial charge >= 0.3 is 0 Å². The molecule has 53 heavy (non-hydrogen) atoms. The number of aromatic nitrogens is 3. The van der Waals surface area contributed by atoms with Crippen LogP contribution in [0.25, 0.3) is 33.8 Å². The van der Waals surface area contributed by atoms with E-state index >= 15 is 0 Å². The average Bonchev–Trinajstić information content (AvgIpc) is 3.64. The number of allylic oxidation sites excluding steroid dienone is 1. The maximum atomic E-state index is 14.3. The minimum Gasteiger partial charge on any atom is -0.497 e. The van der Waals surface area contributed by atoms with Crippen LogP contribution in [0, 0.1) is 0 Å². The number of benzene rings is 2. The minimum absolute atomic E-state index is 0.111. The van der Waals surface area contributed by atoms with Gasteiger partial charge in [0.25, 0.3) is 11.8 Å². The molecule has 1 unspecified atom stereocenters. The monoisotopic (exact) mass is 743 g/mol. The van der Waals surface area contributed by atoms with Crippen LogP contribution in [0.4, 0.5) is 0 Å². The molecule has 4 aromatic rings. The molecule has 1 atom stereocenters. The predicted octanol–water partition coefficient (Wildman–Crippen LogP) is 6.00.